The molecule has 1 fully saturated rings. The summed E-state index contributed by atoms with van der Waals surface area (Å²) in [6, 6.07) is 5.22. The lowest BCUT2D eigenvalue weighted by Crippen LogP contribution is -2.30. The van der Waals surface area contributed by atoms with E-state index < -0.39 is 0 Å². The number of alkyl halides is 1. The van der Waals surface area contributed by atoms with Crippen molar-refractivity contribution in [1.82, 2.24) is 0 Å². The fourth-order valence-electron chi connectivity index (χ4n) is 2.68. The lowest BCUT2D eigenvalue weighted by Gasteiger charge is -2.31. The Kier molecular flexibility index (Phi) is 5.04. The maximum absolute atomic E-state index is 13.9. The van der Waals surface area contributed by atoms with Gasteiger partial charge in [-0.3, -0.25) is 0 Å². The Balaban J connectivity index is 2.07. The SMILES string of the molecule is CCC1CCCCC1Oc1ccc(CBr)cc1F. The molecule has 0 spiro atoms. The molecule has 2 atom stereocenters. The van der Waals surface area contributed by atoms with E-state index in [2.05, 4.69) is 22.9 Å². The van der Waals surface area contributed by atoms with E-state index in [0.717, 1.165) is 18.4 Å². The first kappa shape index (κ1) is 13.9. The molecule has 0 saturated heterocycles. The smallest absolute Gasteiger partial charge is 0.165 e. The minimum Gasteiger partial charge on any atom is -0.487 e. The Morgan fingerprint density at radius 2 is 2.11 bits per heavy atom. The van der Waals surface area contributed by atoms with E-state index in [-0.39, 0.29) is 11.9 Å². The Hall–Kier alpha value is -0.570. The Morgan fingerprint density at radius 1 is 1.33 bits per heavy atom. The summed E-state index contributed by atoms with van der Waals surface area (Å²) < 4.78 is 19.8. The average molecular weight is 315 g/mol. The average Bonchev–Trinajstić information content (AvgIpc) is 2.41. The van der Waals surface area contributed by atoms with E-state index in [4.69, 9.17) is 4.74 Å². The van der Waals surface area contributed by atoms with E-state index in [9.17, 15) is 4.39 Å². The Morgan fingerprint density at radius 3 is 2.78 bits per heavy atom. The zero-order chi connectivity index (χ0) is 13.0. The van der Waals surface area contributed by atoms with Crippen LogP contribution in [0.4, 0.5) is 4.39 Å². The predicted octanol–water partition coefficient (Wildman–Crippen LogP) is 5.07. The highest BCUT2D eigenvalue weighted by atomic mass is 79.9. The fraction of sp³-hybridized carbons (Fsp3) is 0.600. The molecule has 0 amide bonds. The van der Waals surface area contributed by atoms with Gasteiger partial charge in [0, 0.05) is 5.33 Å². The van der Waals surface area contributed by atoms with Crippen molar-refractivity contribution in [2.75, 3.05) is 0 Å². The van der Waals surface area contributed by atoms with Gasteiger partial charge in [0.25, 0.3) is 0 Å². The summed E-state index contributed by atoms with van der Waals surface area (Å²) in [5, 5.41) is 0.672. The largest absolute Gasteiger partial charge is 0.487 e. The van der Waals surface area contributed by atoms with Crippen LogP contribution < -0.4 is 4.74 Å². The van der Waals surface area contributed by atoms with Gasteiger partial charge in [-0.1, -0.05) is 35.3 Å². The van der Waals surface area contributed by atoms with Crippen LogP contribution in [0.1, 0.15) is 44.6 Å². The van der Waals surface area contributed by atoms with Gasteiger partial charge in [-0.2, -0.15) is 0 Å². The van der Waals surface area contributed by atoms with Gasteiger partial charge in [0.2, 0.25) is 0 Å². The molecule has 1 aromatic carbocycles. The van der Waals surface area contributed by atoms with Crippen LogP contribution in [0.3, 0.4) is 0 Å². The summed E-state index contributed by atoms with van der Waals surface area (Å²) in [5.41, 5.74) is 0.940. The molecule has 1 aliphatic rings. The third-order valence-electron chi connectivity index (χ3n) is 3.79. The molecule has 100 valence electrons. The summed E-state index contributed by atoms with van der Waals surface area (Å²) in [6.07, 6.45) is 6.05. The molecule has 2 rings (SSSR count). The van der Waals surface area contributed by atoms with Crippen molar-refractivity contribution in [2.45, 2.75) is 50.5 Å². The Labute approximate surface area is 117 Å². The standard InChI is InChI=1S/C15H20BrFO/c1-2-12-5-3-4-6-14(12)18-15-8-7-11(10-16)9-13(15)17/h7-9,12,14H,2-6,10H2,1H3. The number of benzene rings is 1. The second-order valence-corrected chi connectivity index (χ2v) is 5.57. The van der Waals surface area contributed by atoms with Gasteiger partial charge >= 0.3 is 0 Å². The molecule has 3 heteroatoms. The van der Waals surface area contributed by atoms with E-state index >= 15 is 0 Å². The summed E-state index contributed by atoms with van der Waals surface area (Å²) in [5.74, 6) is 0.742. The second kappa shape index (κ2) is 6.55. The van der Waals surface area contributed by atoms with Crippen molar-refractivity contribution in [2.24, 2.45) is 5.92 Å². The molecule has 1 aromatic rings. The second-order valence-electron chi connectivity index (χ2n) is 5.01. The molecule has 0 heterocycles. The van der Waals surface area contributed by atoms with Crippen molar-refractivity contribution in [3.63, 3.8) is 0 Å². The van der Waals surface area contributed by atoms with Crippen LogP contribution in [0.2, 0.25) is 0 Å². The highest BCUT2D eigenvalue weighted by molar-refractivity contribution is 9.08. The van der Waals surface area contributed by atoms with Gasteiger partial charge in [-0.25, -0.2) is 4.39 Å². The first-order chi connectivity index (χ1) is 8.74. The topological polar surface area (TPSA) is 9.23 Å². The zero-order valence-electron chi connectivity index (χ0n) is 10.8. The summed E-state index contributed by atoms with van der Waals surface area (Å²) in [4.78, 5) is 0. The van der Waals surface area contributed by atoms with Gasteiger partial charge in [-0.15, -0.1) is 0 Å². The summed E-state index contributed by atoms with van der Waals surface area (Å²) >= 11 is 3.33. The van der Waals surface area contributed by atoms with Gasteiger partial charge in [-0.05, 0) is 49.3 Å². The van der Waals surface area contributed by atoms with E-state index in [1.165, 1.54) is 19.3 Å². The summed E-state index contributed by atoms with van der Waals surface area (Å²) in [6.45, 7) is 2.19. The van der Waals surface area contributed by atoms with Crippen LogP contribution in [0.5, 0.6) is 5.75 Å². The molecule has 1 aliphatic carbocycles. The lowest BCUT2D eigenvalue weighted by molar-refractivity contribution is 0.0863. The van der Waals surface area contributed by atoms with Crippen molar-refractivity contribution in [1.29, 1.82) is 0 Å². The zero-order valence-corrected chi connectivity index (χ0v) is 12.4. The van der Waals surface area contributed by atoms with Gasteiger partial charge in [0.15, 0.2) is 11.6 Å². The van der Waals surface area contributed by atoms with E-state index in [1.807, 2.05) is 6.07 Å². The van der Waals surface area contributed by atoms with E-state index in [0.29, 0.717) is 17.0 Å². The number of rotatable bonds is 4. The van der Waals surface area contributed by atoms with Gasteiger partial charge in [0.05, 0.1) is 0 Å². The molecule has 1 saturated carbocycles. The van der Waals surface area contributed by atoms with Gasteiger partial charge < -0.3 is 4.74 Å². The van der Waals surface area contributed by atoms with Crippen molar-refractivity contribution >= 4 is 15.9 Å². The molecule has 18 heavy (non-hydrogen) atoms. The highest BCUT2D eigenvalue weighted by Crippen LogP contribution is 2.31. The third kappa shape index (κ3) is 3.25. The molecule has 0 aliphatic heterocycles. The van der Waals surface area contributed by atoms with Crippen LogP contribution in [-0.4, -0.2) is 6.10 Å². The van der Waals surface area contributed by atoms with Crippen LogP contribution in [0, 0.1) is 11.7 Å². The monoisotopic (exact) mass is 314 g/mol. The molecule has 0 bridgehead atoms. The molecular formula is C15H20BrFO. The molecule has 0 N–H and O–H groups in total. The lowest BCUT2D eigenvalue weighted by atomic mass is 9.85. The predicted molar refractivity (Wildman–Crippen MR) is 75.7 cm³/mol. The fourth-order valence-corrected chi connectivity index (χ4v) is 3.03. The normalized spacial score (nSPS) is 23.9. The van der Waals surface area contributed by atoms with Crippen LogP contribution >= 0.6 is 15.9 Å². The summed E-state index contributed by atoms with van der Waals surface area (Å²) in [7, 11) is 0. The number of hydrogen-bond donors (Lipinski definition) is 0. The van der Waals surface area contributed by atoms with Crippen molar-refractivity contribution < 1.29 is 9.13 Å². The quantitative estimate of drug-likeness (QED) is 0.705. The van der Waals surface area contributed by atoms with Gasteiger partial charge in [0.1, 0.15) is 6.10 Å². The highest BCUT2D eigenvalue weighted by Gasteiger charge is 2.26. The third-order valence-corrected chi connectivity index (χ3v) is 4.44. The maximum atomic E-state index is 13.9. The van der Waals surface area contributed by atoms with Crippen molar-refractivity contribution in [3.8, 4) is 5.75 Å². The minimum atomic E-state index is -0.243. The molecule has 0 radical (unpaired) electrons. The minimum absolute atomic E-state index is 0.188. The number of hydrogen-bond acceptors (Lipinski definition) is 1. The number of ether oxygens (including phenoxy) is 1. The maximum Gasteiger partial charge on any atom is 0.165 e. The van der Waals surface area contributed by atoms with Crippen LogP contribution in [0.15, 0.2) is 18.2 Å². The van der Waals surface area contributed by atoms with Crippen LogP contribution in [0.25, 0.3) is 0 Å². The molecule has 2 unspecified atom stereocenters. The van der Waals surface area contributed by atoms with Crippen molar-refractivity contribution in [3.05, 3.63) is 29.6 Å². The molecule has 1 nitrogen and oxygen atoms in total. The molecular weight excluding hydrogens is 295 g/mol. The molecule has 0 aromatic heterocycles. The van der Waals surface area contributed by atoms with E-state index in [1.54, 1.807) is 12.1 Å². The number of halogens is 2. The Bertz CT molecular complexity index is 394. The first-order valence-corrected chi connectivity index (χ1v) is 7.87. The first-order valence-electron chi connectivity index (χ1n) is 6.75. The van der Waals surface area contributed by atoms with Crippen LogP contribution in [-0.2, 0) is 5.33 Å².